The maximum atomic E-state index is 11.8. The number of hydrogen-bond donors (Lipinski definition) is 0. The van der Waals surface area contributed by atoms with Crippen molar-refractivity contribution >= 4 is 11.8 Å². The molecule has 0 aromatic carbocycles. The number of imide groups is 1. The molecule has 0 radical (unpaired) electrons. The van der Waals surface area contributed by atoms with E-state index < -0.39 is 11.4 Å². The van der Waals surface area contributed by atoms with E-state index in [-0.39, 0.29) is 18.4 Å². The molecule has 1 atom stereocenters. The molecule has 0 spiro atoms. The maximum absolute atomic E-state index is 11.8. The molecule has 6 heteroatoms. The van der Waals surface area contributed by atoms with Gasteiger partial charge in [0.1, 0.15) is 0 Å². The third-order valence-corrected chi connectivity index (χ3v) is 2.88. The highest BCUT2D eigenvalue weighted by atomic mass is 17.2. The molecule has 1 aliphatic heterocycles. The van der Waals surface area contributed by atoms with E-state index in [4.69, 9.17) is 14.5 Å². The van der Waals surface area contributed by atoms with Crippen molar-refractivity contribution in [3.05, 3.63) is 11.6 Å². The molecular weight excluding hydrogens is 262 g/mol. The number of rotatable bonds is 6. The molecule has 6 nitrogen and oxygen atoms in total. The molecule has 0 bridgehead atoms. The van der Waals surface area contributed by atoms with Crippen molar-refractivity contribution in [3.8, 4) is 0 Å². The van der Waals surface area contributed by atoms with Crippen LogP contribution in [-0.4, -0.2) is 41.8 Å². The molecular formula is C14H23NO5. The topological polar surface area (TPSA) is 65.1 Å². The Bertz CT molecular complexity index is 424. The van der Waals surface area contributed by atoms with Crippen LogP contribution in [-0.2, 0) is 24.1 Å². The number of carbonyl (C=O) groups is 2. The Hall–Kier alpha value is -1.24. The first-order chi connectivity index (χ1) is 9.08. The third-order valence-electron chi connectivity index (χ3n) is 2.88. The molecule has 0 N–H and O–H groups in total. The molecule has 0 aromatic rings. The standard InChI is InChI=1S/C14H23NO5/c1-10-9-11(16)15(12(10)17)8-7-14(5,18-6)20-19-13(2,3)4/h9H,7-8H2,1-6H3. The van der Waals surface area contributed by atoms with Crippen LogP contribution in [0.25, 0.3) is 0 Å². The fraction of sp³-hybridized carbons (Fsp3) is 0.714. The summed E-state index contributed by atoms with van der Waals surface area (Å²) >= 11 is 0. The van der Waals surface area contributed by atoms with E-state index in [0.29, 0.717) is 12.0 Å². The summed E-state index contributed by atoms with van der Waals surface area (Å²) in [4.78, 5) is 35.1. The number of amides is 2. The van der Waals surface area contributed by atoms with E-state index in [9.17, 15) is 9.59 Å². The van der Waals surface area contributed by atoms with Gasteiger partial charge in [0.2, 0.25) is 0 Å². The van der Waals surface area contributed by atoms with E-state index in [1.165, 1.54) is 18.1 Å². The molecule has 20 heavy (non-hydrogen) atoms. The van der Waals surface area contributed by atoms with Crippen molar-refractivity contribution in [2.24, 2.45) is 0 Å². The van der Waals surface area contributed by atoms with Gasteiger partial charge in [-0.1, -0.05) is 0 Å². The summed E-state index contributed by atoms with van der Waals surface area (Å²) in [5.41, 5.74) is -0.0296. The minimum atomic E-state index is -1.02. The number of ether oxygens (including phenoxy) is 1. The predicted molar refractivity (Wildman–Crippen MR) is 72.4 cm³/mol. The molecule has 114 valence electrons. The van der Waals surface area contributed by atoms with Gasteiger partial charge in [-0.05, 0) is 34.6 Å². The van der Waals surface area contributed by atoms with Crippen molar-refractivity contribution in [3.63, 3.8) is 0 Å². The van der Waals surface area contributed by atoms with E-state index in [0.717, 1.165) is 0 Å². The Labute approximate surface area is 119 Å². The van der Waals surface area contributed by atoms with Gasteiger partial charge >= 0.3 is 0 Å². The highest BCUT2D eigenvalue weighted by molar-refractivity contribution is 6.15. The van der Waals surface area contributed by atoms with Crippen LogP contribution in [0.1, 0.15) is 41.0 Å². The highest BCUT2D eigenvalue weighted by Crippen LogP contribution is 2.22. The van der Waals surface area contributed by atoms with E-state index in [1.807, 2.05) is 20.8 Å². The van der Waals surface area contributed by atoms with Crippen LogP contribution in [0, 0.1) is 0 Å². The fourth-order valence-corrected chi connectivity index (χ4v) is 1.56. The Morgan fingerprint density at radius 2 is 1.75 bits per heavy atom. The summed E-state index contributed by atoms with van der Waals surface area (Å²) in [7, 11) is 1.49. The SMILES string of the molecule is COC(C)(CCN1C(=O)C=C(C)C1=O)OOC(C)(C)C. The predicted octanol–water partition coefficient (Wildman–Crippen LogP) is 1.80. The lowest BCUT2D eigenvalue weighted by atomic mass is 10.2. The van der Waals surface area contributed by atoms with Crippen molar-refractivity contribution in [2.45, 2.75) is 52.4 Å². The maximum Gasteiger partial charge on any atom is 0.256 e. The molecule has 1 heterocycles. The van der Waals surface area contributed by atoms with Crippen LogP contribution in [0.2, 0.25) is 0 Å². The average molecular weight is 285 g/mol. The lowest BCUT2D eigenvalue weighted by Crippen LogP contribution is -2.40. The van der Waals surface area contributed by atoms with Crippen LogP contribution in [0.4, 0.5) is 0 Å². The first-order valence-corrected chi connectivity index (χ1v) is 6.54. The third kappa shape index (κ3) is 4.40. The van der Waals surface area contributed by atoms with Crippen LogP contribution in [0.15, 0.2) is 11.6 Å². The van der Waals surface area contributed by atoms with E-state index in [1.54, 1.807) is 13.8 Å². The summed E-state index contributed by atoms with van der Waals surface area (Å²) in [6, 6.07) is 0. The van der Waals surface area contributed by atoms with Crippen LogP contribution in [0.5, 0.6) is 0 Å². The van der Waals surface area contributed by atoms with Gasteiger partial charge in [-0.3, -0.25) is 14.5 Å². The average Bonchev–Trinajstić information content (AvgIpc) is 2.58. The second kappa shape index (κ2) is 6.03. The second-order valence-electron chi connectivity index (χ2n) is 5.99. The Morgan fingerprint density at radius 1 is 1.15 bits per heavy atom. The molecule has 1 unspecified atom stereocenters. The van der Waals surface area contributed by atoms with Crippen LogP contribution in [0.3, 0.4) is 0 Å². The molecule has 0 aliphatic carbocycles. The van der Waals surface area contributed by atoms with Gasteiger partial charge in [0.05, 0.1) is 5.60 Å². The Morgan fingerprint density at radius 3 is 2.15 bits per heavy atom. The van der Waals surface area contributed by atoms with Crippen molar-refractivity contribution < 1.29 is 24.1 Å². The Balaban J connectivity index is 2.57. The zero-order chi connectivity index (χ0) is 15.6. The minimum Gasteiger partial charge on any atom is -0.351 e. The molecule has 2 amide bonds. The molecule has 1 aliphatic rings. The fourth-order valence-electron chi connectivity index (χ4n) is 1.56. The zero-order valence-electron chi connectivity index (χ0n) is 13.0. The molecule has 0 saturated carbocycles. The minimum absolute atomic E-state index is 0.212. The summed E-state index contributed by atoms with van der Waals surface area (Å²) in [6.45, 7) is 9.08. The van der Waals surface area contributed by atoms with Gasteiger partial charge in [-0.25, -0.2) is 9.78 Å². The smallest absolute Gasteiger partial charge is 0.256 e. The summed E-state index contributed by atoms with van der Waals surface area (Å²) < 4.78 is 5.28. The lowest BCUT2D eigenvalue weighted by Gasteiger charge is -2.31. The van der Waals surface area contributed by atoms with Crippen molar-refractivity contribution in [2.75, 3.05) is 13.7 Å². The van der Waals surface area contributed by atoms with Gasteiger partial charge in [0, 0.05) is 31.7 Å². The number of methoxy groups -OCH3 is 1. The summed E-state index contributed by atoms with van der Waals surface area (Å²) in [5.74, 6) is -1.60. The quantitative estimate of drug-likeness (QED) is 0.322. The number of nitrogens with zero attached hydrogens (tertiary/aromatic N) is 1. The van der Waals surface area contributed by atoms with E-state index in [2.05, 4.69) is 0 Å². The lowest BCUT2D eigenvalue weighted by molar-refractivity contribution is -0.452. The molecule has 0 aromatic heterocycles. The summed E-state index contributed by atoms with van der Waals surface area (Å²) in [6.07, 6.45) is 1.65. The number of hydrogen-bond acceptors (Lipinski definition) is 5. The number of carbonyl (C=O) groups excluding carboxylic acids is 2. The molecule has 1 rings (SSSR count). The highest BCUT2D eigenvalue weighted by Gasteiger charge is 2.34. The van der Waals surface area contributed by atoms with Crippen molar-refractivity contribution in [1.29, 1.82) is 0 Å². The zero-order valence-corrected chi connectivity index (χ0v) is 13.0. The van der Waals surface area contributed by atoms with E-state index >= 15 is 0 Å². The van der Waals surface area contributed by atoms with Crippen LogP contribution >= 0.6 is 0 Å². The molecule has 0 saturated heterocycles. The van der Waals surface area contributed by atoms with Gasteiger partial charge in [-0.2, -0.15) is 0 Å². The van der Waals surface area contributed by atoms with Gasteiger partial charge in [-0.15, -0.1) is 0 Å². The Kier molecular flexibility index (Phi) is 5.07. The van der Waals surface area contributed by atoms with Crippen LogP contribution < -0.4 is 0 Å². The largest absolute Gasteiger partial charge is 0.351 e. The van der Waals surface area contributed by atoms with Crippen molar-refractivity contribution in [1.82, 2.24) is 4.90 Å². The second-order valence-corrected chi connectivity index (χ2v) is 5.99. The first kappa shape index (κ1) is 16.8. The molecule has 0 fully saturated rings. The van der Waals surface area contributed by atoms with Gasteiger partial charge in [0.25, 0.3) is 11.8 Å². The normalized spacial score (nSPS) is 19.3. The monoisotopic (exact) mass is 285 g/mol. The first-order valence-electron chi connectivity index (χ1n) is 6.54. The van der Waals surface area contributed by atoms with Gasteiger partial charge in [0.15, 0.2) is 5.79 Å². The summed E-state index contributed by atoms with van der Waals surface area (Å²) in [5, 5.41) is 0. The van der Waals surface area contributed by atoms with Gasteiger partial charge < -0.3 is 4.74 Å².